The third-order valence-corrected chi connectivity index (χ3v) is 4.77. The van der Waals surface area contributed by atoms with Crippen molar-refractivity contribution in [3.05, 3.63) is 45.9 Å². The number of nitrogens with two attached hydrogens (primary N) is 1. The fourth-order valence-electron chi connectivity index (χ4n) is 2.11. The van der Waals surface area contributed by atoms with Gasteiger partial charge >= 0.3 is 0 Å². The van der Waals surface area contributed by atoms with Gasteiger partial charge in [-0.1, -0.05) is 39.8 Å². The highest BCUT2D eigenvalue weighted by Gasteiger charge is 2.17. The Hall–Kier alpha value is -1.15. The Morgan fingerprint density at radius 1 is 1.33 bits per heavy atom. The number of nitrogens with zero attached hydrogens (tertiary/aromatic N) is 2. The highest BCUT2D eigenvalue weighted by atomic mass is 127. The molecule has 0 fully saturated rings. The molecule has 4 nitrogen and oxygen atoms in total. The van der Waals surface area contributed by atoms with Crippen LogP contribution in [0.5, 0.6) is 0 Å². The first-order valence-corrected chi connectivity index (χ1v) is 8.87. The monoisotopic (exact) mass is 458 g/mol. The molecule has 1 aromatic heterocycles. The van der Waals surface area contributed by atoms with Crippen molar-refractivity contribution in [2.24, 2.45) is 10.7 Å². The SMILES string of the molecule is CCc1cccc(NC(N)=NCCc2csc(C(C)(C)C)n2)c1.I. The first-order chi connectivity index (χ1) is 10.9. The molecular weight excluding hydrogens is 431 g/mol. The van der Waals surface area contributed by atoms with Crippen LogP contribution in [0.1, 0.15) is 44.0 Å². The van der Waals surface area contributed by atoms with Gasteiger partial charge in [-0.3, -0.25) is 4.99 Å². The van der Waals surface area contributed by atoms with E-state index in [4.69, 9.17) is 5.73 Å². The quantitative estimate of drug-likeness (QED) is 0.392. The minimum atomic E-state index is 0. The van der Waals surface area contributed by atoms with Crippen LogP contribution in [0.2, 0.25) is 0 Å². The maximum Gasteiger partial charge on any atom is 0.193 e. The molecule has 0 unspecified atom stereocenters. The summed E-state index contributed by atoms with van der Waals surface area (Å²) in [6.07, 6.45) is 1.82. The van der Waals surface area contributed by atoms with Crippen LogP contribution in [0.4, 0.5) is 5.69 Å². The van der Waals surface area contributed by atoms with Crippen molar-refractivity contribution in [1.82, 2.24) is 4.98 Å². The van der Waals surface area contributed by atoms with Gasteiger partial charge in [-0.05, 0) is 24.1 Å². The standard InChI is InChI=1S/C18H26N4S.HI/c1-5-13-7-6-8-14(11-13)22-17(19)20-10-9-15-12-23-16(21-15)18(2,3)4;/h6-8,11-12H,5,9-10H2,1-4H3,(H3,19,20,22);1H. The second kappa shape index (κ2) is 9.36. The lowest BCUT2D eigenvalue weighted by atomic mass is 9.98. The number of hydrogen-bond acceptors (Lipinski definition) is 3. The van der Waals surface area contributed by atoms with Crippen molar-refractivity contribution in [2.75, 3.05) is 11.9 Å². The van der Waals surface area contributed by atoms with Crippen molar-refractivity contribution >= 4 is 47.0 Å². The van der Waals surface area contributed by atoms with Crippen LogP contribution in [0.15, 0.2) is 34.6 Å². The Morgan fingerprint density at radius 3 is 2.71 bits per heavy atom. The van der Waals surface area contributed by atoms with E-state index in [0.717, 1.165) is 24.2 Å². The van der Waals surface area contributed by atoms with Crippen molar-refractivity contribution in [1.29, 1.82) is 0 Å². The van der Waals surface area contributed by atoms with Gasteiger partial charge in [0.15, 0.2) is 5.96 Å². The zero-order valence-corrected chi connectivity index (χ0v) is 17.9. The number of aliphatic imine (C=N–C) groups is 1. The number of benzene rings is 1. The lowest BCUT2D eigenvalue weighted by molar-refractivity contribution is 0.583. The van der Waals surface area contributed by atoms with Crippen molar-refractivity contribution in [2.45, 2.75) is 46.0 Å². The lowest BCUT2D eigenvalue weighted by Gasteiger charge is -2.13. The van der Waals surface area contributed by atoms with Crippen LogP contribution in [0.25, 0.3) is 0 Å². The fraction of sp³-hybridized carbons (Fsp3) is 0.444. The second-order valence-electron chi connectivity index (χ2n) is 6.59. The molecule has 0 spiro atoms. The molecule has 0 saturated carbocycles. The molecule has 0 bridgehead atoms. The number of thiazole rings is 1. The highest BCUT2D eigenvalue weighted by Crippen LogP contribution is 2.25. The van der Waals surface area contributed by atoms with E-state index in [1.54, 1.807) is 11.3 Å². The van der Waals surface area contributed by atoms with Gasteiger partial charge in [0, 0.05) is 29.4 Å². The van der Waals surface area contributed by atoms with Gasteiger partial charge in [0.25, 0.3) is 0 Å². The Bertz CT molecular complexity index is 674. The molecular formula is C18H27IN4S. The number of aryl methyl sites for hydroxylation is 1. The lowest BCUT2D eigenvalue weighted by Crippen LogP contribution is -2.23. The molecule has 0 radical (unpaired) electrons. The Labute approximate surface area is 166 Å². The number of hydrogen-bond donors (Lipinski definition) is 2. The maximum absolute atomic E-state index is 5.96. The summed E-state index contributed by atoms with van der Waals surface area (Å²) >= 11 is 1.72. The van der Waals surface area contributed by atoms with Gasteiger partial charge in [-0.25, -0.2) is 4.98 Å². The Morgan fingerprint density at radius 2 is 2.08 bits per heavy atom. The number of aromatic nitrogens is 1. The molecule has 1 heterocycles. The van der Waals surface area contributed by atoms with Crippen LogP contribution in [-0.4, -0.2) is 17.5 Å². The van der Waals surface area contributed by atoms with E-state index in [0.29, 0.717) is 12.5 Å². The van der Waals surface area contributed by atoms with Gasteiger partial charge < -0.3 is 11.1 Å². The maximum atomic E-state index is 5.96. The second-order valence-corrected chi connectivity index (χ2v) is 7.45. The molecule has 2 rings (SSSR count). The molecule has 0 atom stereocenters. The van der Waals surface area contributed by atoms with Gasteiger partial charge in [-0.2, -0.15) is 0 Å². The third kappa shape index (κ3) is 6.39. The molecule has 3 N–H and O–H groups in total. The summed E-state index contributed by atoms with van der Waals surface area (Å²) in [6.45, 7) is 9.32. The van der Waals surface area contributed by atoms with Crippen LogP contribution >= 0.6 is 35.3 Å². The van der Waals surface area contributed by atoms with E-state index < -0.39 is 0 Å². The first-order valence-electron chi connectivity index (χ1n) is 7.99. The summed E-state index contributed by atoms with van der Waals surface area (Å²) < 4.78 is 0. The molecule has 0 aliphatic rings. The van der Waals surface area contributed by atoms with Gasteiger partial charge in [0.2, 0.25) is 0 Å². The average Bonchev–Trinajstić information content (AvgIpc) is 2.96. The van der Waals surface area contributed by atoms with Crippen molar-refractivity contribution in [3.63, 3.8) is 0 Å². The molecule has 2 aromatic rings. The van der Waals surface area contributed by atoms with Crippen molar-refractivity contribution < 1.29 is 0 Å². The molecule has 0 aliphatic carbocycles. The summed E-state index contributed by atoms with van der Waals surface area (Å²) in [5.74, 6) is 0.449. The normalized spacial score (nSPS) is 11.9. The average molecular weight is 458 g/mol. The van der Waals surface area contributed by atoms with E-state index in [1.165, 1.54) is 10.6 Å². The minimum absolute atomic E-state index is 0. The highest BCUT2D eigenvalue weighted by molar-refractivity contribution is 14.0. The predicted molar refractivity (Wildman–Crippen MR) is 116 cm³/mol. The summed E-state index contributed by atoms with van der Waals surface area (Å²) in [4.78, 5) is 9.06. The van der Waals surface area contributed by atoms with Crippen LogP contribution in [0, 0.1) is 0 Å². The largest absolute Gasteiger partial charge is 0.370 e. The first kappa shape index (κ1) is 20.9. The van der Waals surface area contributed by atoms with Crippen molar-refractivity contribution in [3.8, 4) is 0 Å². The molecule has 24 heavy (non-hydrogen) atoms. The zero-order chi connectivity index (χ0) is 16.9. The molecule has 0 amide bonds. The smallest absolute Gasteiger partial charge is 0.193 e. The number of halogens is 1. The van der Waals surface area contributed by atoms with Crippen LogP contribution in [-0.2, 0) is 18.3 Å². The molecule has 6 heteroatoms. The van der Waals surface area contributed by atoms with E-state index in [2.05, 4.69) is 60.5 Å². The molecule has 132 valence electrons. The molecule has 0 aliphatic heterocycles. The van der Waals surface area contributed by atoms with E-state index >= 15 is 0 Å². The minimum Gasteiger partial charge on any atom is -0.370 e. The van der Waals surface area contributed by atoms with E-state index in [1.807, 2.05) is 12.1 Å². The summed E-state index contributed by atoms with van der Waals surface area (Å²) in [5, 5.41) is 6.42. The number of guanidine groups is 1. The summed E-state index contributed by atoms with van der Waals surface area (Å²) in [6, 6.07) is 8.22. The number of rotatable bonds is 5. The summed E-state index contributed by atoms with van der Waals surface area (Å²) in [5.41, 5.74) is 9.41. The number of nitrogens with one attached hydrogen (secondary N) is 1. The summed E-state index contributed by atoms with van der Waals surface area (Å²) in [7, 11) is 0. The molecule has 0 saturated heterocycles. The zero-order valence-electron chi connectivity index (χ0n) is 14.8. The molecule has 1 aromatic carbocycles. The third-order valence-electron chi connectivity index (χ3n) is 3.45. The Kier molecular flexibility index (Phi) is 8.15. The van der Waals surface area contributed by atoms with Gasteiger partial charge in [0.1, 0.15) is 0 Å². The Balaban J connectivity index is 0.00000288. The van der Waals surface area contributed by atoms with E-state index in [-0.39, 0.29) is 29.4 Å². The van der Waals surface area contributed by atoms with Crippen LogP contribution < -0.4 is 11.1 Å². The van der Waals surface area contributed by atoms with Gasteiger partial charge in [0.05, 0.1) is 10.7 Å². The van der Waals surface area contributed by atoms with Crippen LogP contribution in [0.3, 0.4) is 0 Å². The van der Waals surface area contributed by atoms with E-state index in [9.17, 15) is 0 Å². The number of anilines is 1. The fourth-order valence-corrected chi connectivity index (χ4v) is 3.06. The predicted octanol–water partition coefficient (Wildman–Crippen LogP) is 4.59. The van der Waals surface area contributed by atoms with Gasteiger partial charge in [-0.15, -0.1) is 35.3 Å². The topological polar surface area (TPSA) is 63.3 Å².